The van der Waals surface area contributed by atoms with Crippen molar-refractivity contribution in [3.63, 3.8) is 0 Å². The van der Waals surface area contributed by atoms with Gasteiger partial charge in [0.25, 0.3) is 0 Å². The van der Waals surface area contributed by atoms with E-state index < -0.39 is 4.92 Å². The van der Waals surface area contributed by atoms with Crippen LogP contribution in [-0.4, -0.2) is 14.7 Å². The second-order valence-electron chi connectivity index (χ2n) is 4.74. The average molecular weight is 274 g/mol. The van der Waals surface area contributed by atoms with Crippen molar-refractivity contribution in [2.75, 3.05) is 5.73 Å². The Morgan fingerprint density at radius 3 is 2.55 bits per heavy atom. The lowest BCUT2D eigenvalue weighted by Gasteiger charge is -2.18. The fourth-order valence-electron chi connectivity index (χ4n) is 2.40. The van der Waals surface area contributed by atoms with E-state index >= 15 is 0 Å². The van der Waals surface area contributed by atoms with Gasteiger partial charge in [0.05, 0.1) is 11.0 Å². The van der Waals surface area contributed by atoms with Gasteiger partial charge in [0.15, 0.2) is 0 Å². The quantitative estimate of drug-likeness (QED) is 0.670. The van der Waals surface area contributed by atoms with Crippen molar-refractivity contribution in [1.82, 2.24) is 9.78 Å². The highest BCUT2D eigenvalue weighted by molar-refractivity contribution is 5.56. The van der Waals surface area contributed by atoms with Crippen molar-refractivity contribution in [2.45, 2.75) is 32.7 Å². The zero-order chi connectivity index (χ0) is 14.7. The first-order valence-electron chi connectivity index (χ1n) is 6.60. The predicted molar refractivity (Wildman–Crippen MR) is 77.5 cm³/mol. The minimum absolute atomic E-state index is 0.0754. The zero-order valence-electron chi connectivity index (χ0n) is 11.6. The first-order chi connectivity index (χ1) is 9.56. The maximum absolute atomic E-state index is 11.0. The van der Waals surface area contributed by atoms with Crippen LogP contribution in [0.2, 0.25) is 0 Å². The molecule has 2 rings (SSSR count). The van der Waals surface area contributed by atoms with Crippen molar-refractivity contribution < 1.29 is 4.92 Å². The number of rotatable bonds is 5. The van der Waals surface area contributed by atoms with Gasteiger partial charge in [-0.05, 0) is 18.9 Å². The van der Waals surface area contributed by atoms with Gasteiger partial charge in [-0.1, -0.05) is 43.7 Å². The summed E-state index contributed by atoms with van der Waals surface area (Å²) in [7, 11) is 0. The second-order valence-corrected chi connectivity index (χ2v) is 4.74. The molecule has 0 saturated carbocycles. The van der Waals surface area contributed by atoms with Gasteiger partial charge in [0.1, 0.15) is 5.69 Å². The molecule has 0 aliphatic heterocycles. The summed E-state index contributed by atoms with van der Waals surface area (Å²) >= 11 is 0. The Labute approximate surface area is 117 Å². The largest absolute Gasteiger partial charge is 0.378 e. The number of nitrogen functional groups attached to an aromatic ring is 1. The molecule has 20 heavy (non-hydrogen) atoms. The number of nitrogens with two attached hydrogens (primary N) is 1. The molecular formula is C14H18N4O2. The van der Waals surface area contributed by atoms with E-state index in [0.29, 0.717) is 5.69 Å². The number of hydrogen-bond acceptors (Lipinski definition) is 4. The number of benzene rings is 1. The number of aromatic nitrogens is 2. The van der Waals surface area contributed by atoms with E-state index in [-0.39, 0.29) is 17.5 Å². The van der Waals surface area contributed by atoms with Gasteiger partial charge < -0.3 is 5.73 Å². The number of anilines is 1. The molecule has 1 aromatic heterocycles. The maximum atomic E-state index is 11.0. The molecule has 1 unspecified atom stereocenters. The third-order valence-corrected chi connectivity index (χ3v) is 3.31. The van der Waals surface area contributed by atoms with Gasteiger partial charge in [-0.2, -0.15) is 5.10 Å². The van der Waals surface area contributed by atoms with Crippen LogP contribution in [0.5, 0.6) is 0 Å². The van der Waals surface area contributed by atoms with Crippen LogP contribution < -0.4 is 5.73 Å². The summed E-state index contributed by atoms with van der Waals surface area (Å²) in [4.78, 5) is 10.6. The fourth-order valence-corrected chi connectivity index (χ4v) is 2.40. The van der Waals surface area contributed by atoms with E-state index in [0.717, 1.165) is 18.4 Å². The van der Waals surface area contributed by atoms with Crippen molar-refractivity contribution in [1.29, 1.82) is 0 Å². The SMILES string of the molecule is CCCC(c1ccccc1)n1nc(C)c([N+](=O)[O-])c1N. The molecule has 0 fully saturated rings. The topological polar surface area (TPSA) is 87.0 Å². The van der Waals surface area contributed by atoms with Crippen LogP contribution in [0, 0.1) is 17.0 Å². The number of nitrogens with zero attached hydrogens (tertiary/aromatic N) is 3. The smallest absolute Gasteiger partial charge is 0.333 e. The molecule has 0 bridgehead atoms. The average Bonchev–Trinajstić information content (AvgIpc) is 2.72. The van der Waals surface area contributed by atoms with Crippen molar-refractivity contribution in [3.8, 4) is 0 Å². The van der Waals surface area contributed by atoms with Crippen LogP contribution in [0.25, 0.3) is 0 Å². The third kappa shape index (κ3) is 2.49. The molecule has 0 radical (unpaired) electrons. The summed E-state index contributed by atoms with van der Waals surface area (Å²) in [5, 5.41) is 15.3. The van der Waals surface area contributed by atoms with E-state index in [2.05, 4.69) is 12.0 Å². The monoisotopic (exact) mass is 274 g/mol. The van der Waals surface area contributed by atoms with Crippen molar-refractivity contribution >= 4 is 11.5 Å². The molecule has 1 atom stereocenters. The van der Waals surface area contributed by atoms with E-state index in [4.69, 9.17) is 5.73 Å². The van der Waals surface area contributed by atoms with Gasteiger partial charge in [0.2, 0.25) is 5.82 Å². The Hall–Kier alpha value is -2.37. The summed E-state index contributed by atoms with van der Waals surface area (Å²) in [5.41, 5.74) is 7.24. The molecule has 6 nitrogen and oxygen atoms in total. The molecule has 0 amide bonds. The van der Waals surface area contributed by atoms with Gasteiger partial charge in [-0.15, -0.1) is 0 Å². The molecule has 0 aliphatic carbocycles. The molecule has 2 N–H and O–H groups in total. The highest BCUT2D eigenvalue weighted by Gasteiger charge is 2.27. The third-order valence-electron chi connectivity index (χ3n) is 3.31. The van der Waals surface area contributed by atoms with Crippen molar-refractivity contribution in [3.05, 3.63) is 51.7 Å². The zero-order valence-corrected chi connectivity index (χ0v) is 11.6. The van der Waals surface area contributed by atoms with Crippen LogP contribution in [0.1, 0.15) is 37.1 Å². The van der Waals surface area contributed by atoms with Crippen LogP contribution in [0.15, 0.2) is 30.3 Å². The summed E-state index contributed by atoms with van der Waals surface area (Å²) < 4.78 is 1.58. The van der Waals surface area contributed by atoms with Crippen LogP contribution >= 0.6 is 0 Å². The molecule has 0 spiro atoms. The molecule has 0 saturated heterocycles. The van der Waals surface area contributed by atoms with Crippen LogP contribution in [0.4, 0.5) is 11.5 Å². The normalized spacial score (nSPS) is 12.3. The molecule has 0 aliphatic rings. The van der Waals surface area contributed by atoms with E-state index in [1.807, 2.05) is 30.3 Å². The Bertz CT molecular complexity index is 607. The minimum atomic E-state index is -0.470. The van der Waals surface area contributed by atoms with E-state index in [1.165, 1.54) is 0 Å². The predicted octanol–water partition coefficient (Wildman–Crippen LogP) is 3.07. The Morgan fingerprint density at radius 2 is 2.05 bits per heavy atom. The molecular weight excluding hydrogens is 256 g/mol. The molecule has 1 heterocycles. The maximum Gasteiger partial charge on any atom is 0.333 e. The second kappa shape index (κ2) is 5.73. The summed E-state index contributed by atoms with van der Waals surface area (Å²) in [5.74, 6) is 0.120. The van der Waals surface area contributed by atoms with E-state index in [9.17, 15) is 10.1 Å². The lowest BCUT2D eigenvalue weighted by atomic mass is 10.0. The number of aryl methyl sites for hydroxylation is 1. The van der Waals surface area contributed by atoms with E-state index in [1.54, 1.807) is 11.6 Å². The highest BCUT2D eigenvalue weighted by atomic mass is 16.6. The van der Waals surface area contributed by atoms with Gasteiger partial charge in [-0.25, -0.2) is 4.68 Å². The highest BCUT2D eigenvalue weighted by Crippen LogP contribution is 2.32. The lowest BCUT2D eigenvalue weighted by Crippen LogP contribution is -2.15. The molecule has 106 valence electrons. The fraction of sp³-hybridized carbons (Fsp3) is 0.357. The van der Waals surface area contributed by atoms with Crippen LogP contribution in [0.3, 0.4) is 0 Å². The Kier molecular flexibility index (Phi) is 4.02. The van der Waals surface area contributed by atoms with Gasteiger partial charge in [0, 0.05) is 0 Å². The minimum Gasteiger partial charge on any atom is -0.378 e. The first-order valence-corrected chi connectivity index (χ1v) is 6.60. The van der Waals surface area contributed by atoms with Crippen molar-refractivity contribution in [2.24, 2.45) is 0 Å². The molecule has 2 aromatic rings. The molecule has 1 aromatic carbocycles. The number of hydrogen-bond donors (Lipinski definition) is 1. The summed E-state index contributed by atoms with van der Waals surface area (Å²) in [6.45, 7) is 3.68. The summed E-state index contributed by atoms with van der Waals surface area (Å²) in [6, 6.07) is 9.73. The van der Waals surface area contributed by atoms with Gasteiger partial charge >= 0.3 is 5.69 Å². The standard InChI is InChI=1S/C14H18N4O2/c1-3-7-12(11-8-5-4-6-9-11)17-14(15)13(18(19)20)10(2)16-17/h4-6,8-9,12H,3,7,15H2,1-2H3. The summed E-state index contributed by atoms with van der Waals surface area (Å²) in [6.07, 6.45) is 1.76. The molecule has 6 heteroatoms. The Balaban J connectivity index is 2.51. The number of nitro groups is 1. The first kappa shape index (κ1) is 14.0. The van der Waals surface area contributed by atoms with Gasteiger partial charge in [-0.3, -0.25) is 10.1 Å². The van der Waals surface area contributed by atoms with Crippen LogP contribution in [-0.2, 0) is 0 Å². The Morgan fingerprint density at radius 1 is 1.40 bits per heavy atom. The lowest BCUT2D eigenvalue weighted by molar-refractivity contribution is -0.384.